The van der Waals surface area contributed by atoms with Crippen molar-refractivity contribution in [2.24, 2.45) is 0 Å². The maximum atomic E-state index is 11.7. The molecule has 2 rings (SSSR count). The van der Waals surface area contributed by atoms with E-state index in [0.717, 1.165) is 5.56 Å². The number of aromatic nitrogens is 2. The number of ether oxygens (including phenoxy) is 1. The Hall–Kier alpha value is -2.01. The summed E-state index contributed by atoms with van der Waals surface area (Å²) in [4.78, 5) is 25.1. The molecular formula is C14H15ClN2O3. The molecule has 0 fully saturated rings. The number of hydrogen-bond acceptors (Lipinski definition) is 3. The average molecular weight is 295 g/mol. The van der Waals surface area contributed by atoms with Crippen LogP contribution in [0.2, 0.25) is 5.02 Å². The van der Waals surface area contributed by atoms with Gasteiger partial charge >= 0.3 is 5.69 Å². The van der Waals surface area contributed by atoms with E-state index in [-0.39, 0.29) is 17.7 Å². The number of H-pyrrole nitrogens is 1. The summed E-state index contributed by atoms with van der Waals surface area (Å²) >= 11 is 5.74. The molecule has 0 radical (unpaired) electrons. The second kappa shape index (κ2) is 5.96. The Labute approximate surface area is 120 Å². The molecule has 0 spiro atoms. The molecule has 5 nitrogen and oxygen atoms in total. The molecule has 20 heavy (non-hydrogen) atoms. The van der Waals surface area contributed by atoms with Gasteiger partial charge in [0.1, 0.15) is 10.8 Å². The van der Waals surface area contributed by atoms with Crippen LogP contribution in [0.5, 0.6) is 5.75 Å². The lowest BCUT2D eigenvalue weighted by Gasteiger charge is -2.14. The number of hydrogen-bond donors (Lipinski definition) is 1. The maximum absolute atomic E-state index is 11.7. The van der Waals surface area contributed by atoms with Gasteiger partial charge in [-0.05, 0) is 19.9 Å². The molecule has 0 aliphatic carbocycles. The molecule has 1 N–H and O–H groups in total. The lowest BCUT2D eigenvalue weighted by atomic mass is 10.2. The molecule has 2 aromatic rings. The maximum Gasteiger partial charge on any atom is 0.328 e. The van der Waals surface area contributed by atoms with E-state index in [4.69, 9.17) is 16.3 Å². The Balaban J connectivity index is 2.38. The number of nitrogens with zero attached hydrogens (tertiary/aromatic N) is 1. The van der Waals surface area contributed by atoms with E-state index in [2.05, 4.69) is 4.98 Å². The van der Waals surface area contributed by atoms with Gasteiger partial charge < -0.3 is 4.74 Å². The molecule has 6 heteroatoms. The van der Waals surface area contributed by atoms with Crippen molar-refractivity contribution in [2.45, 2.75) is 26.5 Å². The zero-order chi connectivity index (χ0) is 14.7. The van der Waals surface area contributed by atoms with E-state index < -0.39 is 11.2 Å². The smallest absolute Gasteiger partial charge is 0.328 e. The Morgan fingerprint density at radius 3 is 2.70 bits per heavy atom. The van der Waals surface area contributed by atoms with Crippen LogP contribution in [0.3, 0.4) is 0 Å². The van der Waals surface area contributed by atoms with Gasteiger partial charge in [0.05, 0.1) is 12.6 Å². The zero-order valence-electron chi connectivity index (χ0n) is 11.2. The standard InChI is InChI=1S/C14H15ClN2O3/c1-9(2)20-12-6-4-3-5-10(12)7-17-8-11(15)13(18)16-14(17)19/h3-6,8-9H,7H2,1-2H3,(H,16,18,19). The van der Waals surface area contributed by atoms with Gasteiger partial charge in [0.2, 0.25) is 0 Å². The molecule has 106 valence electrons. The van der Waals surface area contributed by atoms with Gasteiger partial charge in [-0.3, -0.25) is 14.3 Å². The molecule has 0 unspecified atom stereocenters. The molecule has 0 atom stereocenters. The first-order valence-electron chi connectivity index (χ1n) is 6.21. The highest BCUT2D eigenvalue weighted by Gasteiger charge is 2.08. The Morgan fingerprint density at radius 2 is 2.00 bits per heavy atom. The SMILES string of the molecule is CC(C)Oc1ccccc1Cn1cc(Cl)c(=O)[nH]c1=O. The predicted octanol–water partition coefficient (Wildman–Crippen LogP) is 2.03. The van der Waals surface area contributed by atoms with Gasteiger partial charge in [0.15, 0.2) is 0 Å². The summed E-state index contributed by atoms with van der Waals surface area (Å²) in [6.45, 7) is 4.14. The summed E-state index contributed by atoms with van der Waals surface area (Å²) in [7, 11) is 0. The first-order valence-corrected chi connectivity index (χ1v) is 6.59. The lowest BCUT2D eigenvalue weighted by molar-refractivity contribution is 0.239. The van der Waals surface area contributed by atoms with E-state index in [1.807, 2.05) is 38.1 Å². The minimum atomic E-state index is -0.584. The second-order valence-corrected chi connectivity index (χ2v) is 5.05. The quantitative estimate of drug-likeness (QED) is 0.938. The predicted molar refractivity (Wildman–Crippen MR) is 77.6 cm³/mol. The molecule has 0 aliphatic heterocycles. The fourth-order valence-corrected chi connectivity index (χ4v) is 1.95. The highest BCUT2D eigenvalue weighted by atomic mass is 35.5. The third kappa shape index (κ3) is 3.30. The first-order chi connectivity index (χ1) is 9.47. The van der Waals surface area contributed by atoms with E-state index in [9.17, 15) is 9.59 Å². The van der Waals surface area contributed by atoms with Crippen LogP contribution >= 0.6 is 11.6 Å². The van der Waals surface area contributed by atoms with Crippen LogP contribution in [0.15, 0.2) is 40.1 Å². The summed E-state index contributed by atoms with van der Waals surface area (Å²) in [5.41, 5.74) is -0.246. The average Bonchev–Trinajstić information content (AvgIpc) is 2.37. The van der Waals surface area contributed by atoms with E-state index >= 15 is 0 Å². The lowest BCUT2D eigenvalue weighted by Crippen LogP contribution is -2.30. The molecule has 0 aliphatic rings. The third-order valence-electron chi connectivity index (χ3n) is 2.64. The van der Waals surface area contributed by atoms with Crippen molar-refractivity contribution in [1.82, 2.24) is 9.55 Å². The summed E-state index contributed by atoms with van der Waals surface area (Å²) in [6.07, 6.45) is 1.36. The van der Waals surface area contributed by atoms with Gasteiger partial charge in [0.25, 0.3) is 5.56 Å². The van der Waals surface area contributed by atoms with Gasteiger partial charge in [-0.2, -0.15) is 0 Å². The summed E-state index contributed by atoms with van der Waals surface area (Å²) < 4.78 is 7.03. The van der Waals surface area contributed by atoms with Crippen molar-refractivity contribution >= 4 is 11.6 Å². The fourth-order valence-electron chi connectivity index (χ4n) is 1.79. The van der Waals surface area contributed by atoms with E-state index in [1.165, 1.54) is 10.8 Å². The second-order valence-electron chi connectivity index (χ2n) is 4.64. The highest BCUT2D eigenvalue weighted by Crippen LogP contribution is 2.20. The van der Waals surface area contributed by atoms with Crippen LogP contribution in [0.25, 0.3) is 0 Å². The van der Waals surface area contributed by atoms with Crippen LogP contribution in [0.1, 0.15) is 19.4 Å². The molecule has 1 aromatic heterocycles. The summed E-state index contributed by atoms with van der Waals surface area (Å²) in [6, 6.07) is 7.43. The Bertz CT molecular complexity index is 719. The number of benzene rings is 1. The molecule has 0 saturated heterocycles. The number of aromatic amines is 1. The summed E-state index contributed by atoms with van der Waals surface area (Å²) in [5, 5.41) is -0.0214. The van der Waals surface area contributed by atoms with Crippen molar-refractivity contribution in [2.75, 3.05) is 0 Å². The number of nitrogens with one attached hydrogen (secondary N) is 1. The Morgan fingerprint density at radius 1 is 1.30 bits per heavy atom. The van der Waals surface area contributed by atoms with Gasteiger partial charge in [-0.1, -0.05) is 29.8 Å². The molecule has 0 amide bonds. The van der Waals surface area contributed by atoms with Gasteiger partial charge in [-0.15, -0.1) is 0 Å². The number of rotatable bonds is 4. The molecule has 1 aromatic carbocycles. The third-order valence-corrected chi connectivity index (χ3v) is 2.91. The van der Waals surface area contributed by atoms with Crippen LogP contribution in [-0.2, 0) is 6.54 Å². The topological polar surface area (TPSA) is 64.1 Å². The first kappa shape index (κ1) is 14.4. The van der Waals surface area contributed by atoms with Gasteiger partial charge in [0, 0.05) is 11.8 Å². The van der Waals surface area contributed by atoms with Crippen LogP contribution in [0.4, 0.5) is 0 Å². The molecular weight excluding hydrogens is 280 g/mol. The van der Waals surface area contributed by atoms with Crippen LogP contribution in [0, 0.1) is 0 Å². The fraction of sp³-hybridized carbons (Fsp3) is 0.286. The molecule has 0 saturated carbocycles. The molecule has 1 heterocycles. The minimum Gasteiger partial charge on any atom is -0.491 e. The molecule has 0 bridgehead atoms. The highest BCUT2D eigenvalue weighted by molar-refractivity contribution is 6.30. The largest absolute Gasteiger partial charge is 0.491 e. The van der Waals surface area contributed by atoms with Crippen molar-refractivity contribution in [3.8, 4) is 5.75 Å². The Kier molecular flexibility index (Phi) is 4.29. The van der Waals surface area contributed by atoms with Crippen molar-refractivity contribution in [1.29, 1.82) is 0 Å². The van der Waals surface area contributed by atoms with E-state index in [1.54, 1.807) is 0 Å². The number of para-hydroxylation sites is 1. The normalized spacial score (nSPS) is 10.8. The van der Waals surface area contributed by atoms with Crippen LogP contribution < -0.4 is 16.0 Å². The number of halogens is 1. The summed E-state index contributed by atoms with van der Waals surface area (Å²) in [5.74, 6) is 0.705. The van der Waals surface area contributed by atoms with E-state index in [0.29, 0.717) is 5.75 Å². The van der Waals surface area contributed by atoms with Crippen molar-refractivity contribution < 1.29 is 4.74 Å². The van der Waals surface area contributed by atoms with Crippen molar-refractivity contribution in [3.63, 3.8) is 0 Å². The van der Waals surface area contributed by atoms with Gasteiger partial charge in [-0.25, -0.2) is 4.79 Å². The minimum absolute atomic E-state index is 0.0214. The zero-order valence-corrected chi connectivity index (χ0v) is 12.0. The van der Waals surface area contributed by atoms with Crippen molar-refractivity contribution in [3.05, 3.63) is 61.9 Å². The van der Waals surface area contributed by atoms with Crippen LogP contribution in [-0.4, -0.2) is 15.7 Å². The monoisotopic (exact) mass is 294 g/mol.